The molecule has 3 rings (SSSR count). The summed E-state index contributed by atoms with van der Waals surface area (Å²) in [5.74, 6) is -1.00. The topological polar surface area (TPSA) is 61.8 Å². The van der Waals surface area contributed by atoms with E-state index in [0.717, 1.165) is 34.2 Å². The fourth-order valence-corrected chi connectivity index (χ4v) is 4.71. The molecule has 0 spiro atoms. The number of allylic oxidation sites excluding steroid dienone is 1. The molecular weight excluding hydrogens is 452 g/mol. The number of carbonyl (C=O) groups is 2. The molecule has 1 fully saturated rings. The maximum absolute atomic E-state index is 12.0. The van der Waals surface area contributed by atoms with Crippen molar-refractivity contribution in [3.8, 4) is 0 Å². The van der Waals surface area contributed by atoms with Crippen molar-refractivity contribution in [2.24, 2.45) is 5.92 Å². The van der Waals surface area contributed by atoms with Crippen LogP contribution in [-0.2, 0) is 30.2 Å². The van der Waals surface area contributed by atoms with Crippen molar-refractivity contribution in [1.82, 2.24) is 0 Å². The molecule has 182 valence electrons. The summed E-state index contributed by atoms with van der Waals surface area (Å²) in [4.78, 5) is 23.8. The van der Waals surface area contributed by atoms with Gasteiger partial charge in [-0.05, 0) is 48.1 Å². The van der Waals surface area contributed by atoms with Gasteiger partial charge < -0.3 is 14.2 Å². The lowest BCUT2D eigenvalue weighted by Gasteiger charge is -2.44. The van der Waals surface area contributed by atoms with Crippen LogP contribution >= 0.6 is 11.6 Å². The normalized spacial score (nSPS) is 24.4. The number of rotatable bonds is 7. The fourth-order valence-electron chi connectivity index (χ4n) is 4.53. The van der Waals surface area contributed by atoms with Crippen LogP contribution in [0.2, 0.25) is 5.02 Å². The molecule has 1 aliphatic rings. The van der Waals surface area contributed by atoms with Gasteiger partial charge in [0.15, 0.2) is 6.10 Å². The average Bonchev–Trinajstić information content (AvgIpc) is 2.78. The number of benzene rings is 2. The highest BCUT2D eigenvalue weighted by molar-refractivity contribution is 6.31. The zero-order valence-electron chi connectivity index (χ0n) is 20.5. The molecule has 6 heteroatoms. The Morgan fingerprint density at radius 1 is 1.00 bits per heavy atom. The highest BCUT2D eigenvalue weighted by Gasteiger charge is 2.47. The van der Waals surface area contributed by atoms with E-state index < -0.39 is 30.3 Å². The van der Waals surface area contributed by atoms with Crippen LogP contribution in [-0.4, -0.2) is 30.3 Å². The molecule has 1 aliphatic heterocycles. The molecule has 2 aromatic carbocycles. The molecule has 5 atom stereocenters. The summed E-state index contributed by atoms with van der Waals surface area (Å²) in [6, 6.07) is 13.9. The molecule has 0 amide bonds. The van der Waals surface area contributed by atoms with Gasteiger partial charge in [0.05, 0.1) is 6.10 Å². The Labute approximate surface area is 207 Å². The summed E-state index contributed by atoms with van der Waals surface area (Å²) in [7, 11) is 0. The molecule has 1 heterocycles. The summed E-state index contributed by atoms with van der Waals surface area (Å²) in [5.41, 5.74) is 4.98. The van der Waals surface area contributed by atoms with E-state index in [2.05, 4.69) is 18.7 Å². The van der Waals surface area contributed by atoms with Gasteiger partial charge in [0, 0.05) is 24.8 Å². The molecule has 1 saturated heterocycles. The molecule has 34 heavy (non-hydrogen) atoms. The molecule has 0 N–H and O–H groups in total. The standard InChI is InChI=1S/C28H33ClO5/c1-7-25-17(4)26(32-18(5)30)28(33-19(6)31)27(34-25)22-12-13-24(29)23(15-22)14-20-8-10-21(11-9-20)16(2)3/h8-13,15,17,25-28H,2,7,14H2,1,3-6H3/t17-,25-,26+,27+,28-/m1/s1. The first-order valence-electron chi connectivity index (χ1n) is 11.6. The molecule has 0 unspecified atom stereocenters. The Morgan fingerprint density at radius 2 is 1.62 bits per heavy atom. The number of ether oxygens (including phenoxy) is 3. The van der Waals surface area contributed by atoms with Crippen LogP contribution < -0.4 is 0 Å². The molecule has 0 radical (unpaired) electrons. The summed E-state index contributed by atoms with van der Waals surface area (Å²) in [6.45, 7) is 12.7. The molecule has 2 aromatic rings. The molecule has 5 nitrogen and oxygen atoms in total. The predicted octanol–water partition coefficient (Wildman–Crippen LogP) is 6.31. The van der Waals surface area contributed by atoms with Crippen LogP contribution in [0, 0.1) is 5.92 Å². The number of halogens is 1. The third-order valence-corrected chi connectivity index (χ3v) is 6.66. The Bertz CT molecular complexity index is 1050. The van der Waals surface area contributed by atoms with Gasteiger partial charge in [-0.2, -0.15) is 0 Å². The van der Waals surface area contributed by atoms with Crippen molar-refractivity contribution < 1.29 is 23.8 Å². The maximum Gasteiger partial charge on any atom is 0.303 e. The van der Waals surface area contributed by atoms with E-state index in [1.54, 1.807) is 0 Å². The first kappa shape index (κ1) is 26.0. The zero-order valence-corrected chi connectivity index (χ0v) is 21.2. The number of hydrogen-bond donors (Lipinski definition) is 0. The van der Waals surface area contributed by atoms with Crippen molar-refractivity contribution in [3.05, 3.63) is 76.3 Å². The van der Waals surface area contributed by atoms with Crippen LogP contribution in [0.4, 0.5) is 0 Å². The predicted molar refractivity (Wildman–Crippen MR) is 134 cm³/mol. The van der Waals surface area contributed by atoms with E-state index in [1.807, 2.05) is 51.1 Å². The second-order valence-electron chi connectivity index (χ2n) is 9.02. The Hall–Kier alpha value is -2.63. The largest absolute Gasteiger partial charge is 0.458 e. The van der Waals surface area contributed by atoms with Gasteiger partial charge in [0.1, 0.15) is 12.2 Å². The van der Waals surface area contributed by atoms with Crippen LogP contribution in [0.25, 0.3) is 5.57 Å². The van der Waals surface area contributed by atoms with Gasteiger partial charge in [0.2, 0.25) is 0 Å². The van der Waals surface area contributed by atoms with Gasteiger partial charge in [0.25, 0.3) is 0 Å². The number of hydrogen-bond acceptors (Lipinski definition) is 5. The SMILES string of the molecule is C=C(C)c1ccc(Cc2cc([C@@H]3O[C@H](CC)[C@@H](C)[C@H](OC(C)=O)[C@H]3OC(C)=O)ccc2Cl)cc1. The molecule has 0 saturated carbocycles. The molecule has 0 aromatic heterocycles. The van der Waals surface area contributed by atoms with E-state index in [9.17, 15) is 9.59 Å². The summed E-state index contributed by atoms with van der Waals surface area (Å²) in [5, 5.41) is 0.643. The van der Waals surface area contributed by atoms with Gasteiger partial charge >= 0.3 is 11.9 Å². The maximum atomic E-state index is 12.0. The second kappa shape index (κ2) is 11.2. The molecule has 0 bridgehead atoms. The van der Waals surface area contributed by atoms with Crippen LogP contribution in [0.3, 0.4) is 0 Å². The third-order valence-electron chi connectivity index (χ3n) is 6.29. The fraction of sp³-hybridized carbons (Fsp3) is 0.429. The van der Waals surface area contributed by atoms with Crippen molar-refractivity contribution >= 4 is 29.1 Å². The lowest BCUT2D eigenvalue weighted by atomic mass is 9.84. The van der Waals surface area contributed by atoms with Gasteiger partial charge in [-0.25, -0.2) is 0 Å². The molecule has 0 aliphatic carbocycles. The van der Waals surface area contributed by atoms with Gasteiger partial charge in [-0.1, -0.05) is 74.0 Å². The van der Waals surface area contributed by atoms with Crippen LogP contribution in [0.5, 0.6) is 0 Å². The summed E-state index contributed by atoms with van der Waals surface area (Å²) in [6.07, 6.45) is -0.750. The summed E-state index contributed by atoms with van der Waals surface area (Å²) < 4.78 is 17.8. The minimum atomic E-state index is -0.761. The van der Waals surface area contributed by atoms with Gasteiger partial charge in [-0.3, -0.25) is 9.59 Å². The quantitative estimate of drug-likeness (QED) is 0.431. The molecular formula is C28H33ClO5. The van der Waals surface area contributed by atoms with E-state index in [-0.39, 0.29) is 12.0 Å². The van der Waals surface area contributed by atoms with Crippen molar-refractivity contribution in [1.29, 1.82) is 0 Å². The summed E-state index contributed by atoms with van der Waals surface area (Å²) >= 11 is 6.55. The minimum Gasteiger partial charge on any atom is -0.458 e. The first-order valence-corrected chi connectivity index (χ1v) is 12.0. The highest BCUT2D eigenvalue weighted by atomic mass is 35.5. The second-order valence-corrected chi connectivity index (χ2v) is 9.42. The van der Waals surface area contributed by atoms with Crippen molar-refractivity contribution in [2.75, 3.05) is 0 Å². The minimum absolute atomic E-state index is 0.131. The van der Waals surface area contributed by atoms with Gasteiger partial charge in [-0.15, -0.1) is 0 Å². The average molecular weight is 485 g/mol. The Balaban J connectivity index is 1.97. The van der Waals surface area contributed by atoms with Crippen molar-refractivity contribution in [3.63, 3.8) is 0 Å². The lowest BCUT2D eigenvalue weighted by Crippen LogP contribution is -2.52. The number of esters is 2. The Morgan fingerprint density at radius 3 is 2.18 bits per heavy atom. The van der Waals surface area contributed by atoms with E-state index >= 15 is 0 Å². The smallest absolute Gasteiger partial charge is 0.303 e. The van der Waals surface area contributed by atoms with Crippen molar-refractivity contribution in [2.45, 2.75) is 71.9 Å². The lowest BCUT2D eigenvalue weighted by molar-refractivity contribution is -0.225. The third kappa shape index (κ3) is 6.08. The van der Waals surface area contributed by atoms with Crippen LogP contribution in [0.15, 0.2) is 49.0 Å². The first-order chi connectivity index (χ1) is 16.1. The van der Waals surface area contributed by atoms with E-state index in [1.165, 1.54) is 13.8 Å². The zero-order chi connectivity index (χ0) is 25.0. The Kier molecular flexibility index (Phi) is 8.56. The monoisotopic (exact) mass is 484 g/mol. The highest BCUT2D eigenvalue weighted by Crippen LogP contribution is 2.40. The van der Waals surface area contributed by atoms with E-state index in [0.29, 0.717) is 11.4 Å². The van der Waals surface area contributed by atoms with E-state index in [4.69, 9.17) is 25.8 Å². The number of carbonyl (C=O) groups excluding carboxylic acids is 2. The van der Waals surface area contributed by atoms with Crippen LogP contribution in [0.1, 0.15) is 69.4 Å².